The molecule has 0 fully saturated rings. The summed E-state index contributed by atoms with van der Waals surface area (Å²) in [6.45, 7) is 0. The maximum Gasteiger partial charge on any atom is 0.220 e. The van der Waals surface area contributed by atoms with Crippen molar-refractivity contribution in [3.63, 3.8) is 0 Å². The van der Waals surface area contributed by atoms with Crippen molar-refractivity contribution < 1.29 is 4.12 Å². The van der Waals surface area contributed by atoms with E-state index in [0.717, 1.165) is 15.9 Å². The zero-order valence-electron chi connectivity index (χ0n) is 21.4. The van der Waals surface area contributed by atoms with Gasteiger partial charge in [-0.05, 0) is 33.1 Å². The largest absolute Gasteiger partial charge is 0.456 e. The molecule has 0 bridgehead atoms. The summed E-state index contributed by atoms with van der Waals surface area (Å²) >= 11 is 0. The Hall–Kier alpha value is -3.29. The van der Waals surface area contributed by atoms with Crippen LogP contribution in [0.3, 0.4) is 0 Å². The molecule has 0 N–H and O–H groups in total. The van der Waals surface area contributed by atoms with E-state index in [4.69, 9.17) is 4.12 Å². The van der Waals surface area contributed by atoms with Gasteiger partial charge in [-0.25, -0.2) is 0 Å². The number of hydrogen-bond acceptors (Lipinski definition) is 1. The van der Waals surface area contributed by atoms with Crippen molar-refractivity contribution in [3.8, 4) is 0 Å². The molecule has 0 aromatic heterocycles. The van der Waals surface area contributed by atoms with Crippen molar-refractivity contribution in [1.29, 1.82) is 0 Å². The van der Waals surface area contributed by atoms with Crippen LogP contribution in [-0.4, -0.2) is 28.3 Å². The van der Waals surface area contributed by atoms with Crippen molar-refractivity contribution in [1.82, 2.24) is 0 Å². The number of rotatable bonds is 10. The van der Waals surface area contributed by atoms with Crippen LogP contribution >= 0.6 is 0 Å². The molecule has 5 aromatic carbocycles. The lowest BCUT2D eigenvalue weighted by Crippen LogP contribution is -2.57. The molecular formula is C33H34OSi3. The molecule has 0 radical (unpaired) electrons. The van der Waals surface area contributed by atoms with Crippen LogP contribution in [0.1, 0.15) is 33.3 Å². The smallest absolute Gasteiger partial charge is 0.220 e. The van der Waals surface area contributed by atoms with E-state index < -0.39 is 18.1 Å². The molecule has 0 aliphatic rings. The minimum atomic E-state index is -2.46. The van der Waals surface area contributed by atoms with Crippen molar-refractivity contribution in [3.05, 3.63) is 174 Å². The maximum atomic E-state index is 7.62. The highest BCUT2D eigenvalue weighted by Gasteiger charge is 2.45. The van der Waals surface area contributed by atoms with Crippen LogP contribution in [0.4, 0.5) is 0 Å². The minimum Gasteiger partial charge on any atom is -0.456 e. The van der Waals surface area contributed by atoms with Gasteiger partial charge >= 0.3 is 0 Å². The molecule has 184 valence electrons. The molecule has 1 unspecified atom stereocenters. The Morgan fingerprint density at radius 3 is 1.24 bits per heavy atom. The molecule has 0 saturated carbocycles. The summed E-state index contributed by atoms with van der Waals surface area (Å²) in [4.78, 5) is 0. The summed E-state index contributed by atoms with van der Waals surface area (Å²) in [5.41, 5.74) is 7.17. The topological polar surface area (TPSA) is 9.23 Å². The van der Waals surface area contributed by atoms with Crippen LogP contribution < -0.4 is 5.19 Å². The molecule has 5 rings (SSSR count). The van der Waals surface area contributed by atoms with Crippen molar-refractivity contribution >= 4 is 33.5 Å². The van der Waals surface area contributed by atoms with Crippen LogP contribution in [0.25, 0.3) is 0 Å². The van der Waals surface area contributed by atoms with Crippen LogP contribution in [0, 0.1) is 0 Å². The monoisotopic (exact) mass is 530 g/mol. The van der Waals surface area contributed by atoms with Crippen LogP contribution in [-0.2, 0) is 4.12 Å². The summed E-state index contributed by atoms with van der Waals surface area (Å²) in [6, 6.07) is 55.3. The molecule has 0 spiro atoms. The van der Waals surface area contributed by atoms with Gasteiger partial charge in [0.05, 0.1) is 0 Å². The first-order chi connectivity index (χ1) is 18.3. The van der Waals surface area contributed by atoms with Crippen LogP contribution in [0.5, 0.6) is 0 Å². The molecule has 0 aliphatic carbocycles. The quantitative estimate of drug-likeness (QED) is 0.219. The van der Waals surface area contributed by atoms with E-state index in [1.165, 1.54) is 27.4 Å². The first-order valence-electron chi connectivity index (χ1n) is 13.2. The Morgan fingerprint density at radius 1 is 0.514 bits per heavy atom. The number of benzene rings is 5. The first-order valence-corrected chi connectivity index (χ1v) is 18.2. The van der Waals surface area contributed by atoms with E-state index in [1.807, 2.05) is 0 Å². The van der Waals surface area contributed by atoms with Gasteiger partial charge in [0.15, 0.2) is 9.76 Å². The fourth-order valence-electron chi connectivity index (χ4n) is 5.57. The molecule has 0 amide bonds. The summed E-state index contributed by atoms with van der Waals surface area (Å²) in [5.74, 6) is 0. The van der Waals surface area contributed by atoms with Crippen molar-refractivity contribution in [2.24, 2.45) is 0 Å². The molecule has 1 nitrogen and oxygen atoms in total. The second-order valence-corrected chi connectivity index (χ2v) is 17.6. The molecular weight excluding hydrogens is 497 g/mol. The highest BCUT2D eigenvalue weighted by Crippen LogP contribution is 2.37. The lowest BCUT2D eigenvalue weighted by Gasteiger charge is -2.40. The average Bonchev–Trinajstić information content (AvgIpc) is 2.99. The third kappa shape index (κ3) is 5.68. The van der Waals surface area contributed by atoms with Gasteiger partial charge in [-0.3, -0.25) is 0 Å². The van der Waals surface area contributed by atoms with Crippen LogP contribution in [0.15, 0.2) is 152 Å². The fraction of sp³-hybridized carbons (Fsp3) is 0.0909. The molecule has 1 atom stereocenters. The highest BCUT2D eigenvalue weighted by atomic mass is 28.4. The van der Waals surface area contributed by atoms with Gasteiger partial charge < -0.3 is 4.12 Å². The Balaban J connectivity index is 1.64. The van der Waals surface area contributed by atoms with E-state index in [0.29, 0.717) is 5.54 Å². The minimum absolute atomic E-state index is 0.245. The fourth-order valence-corrected chi connectivity index (χ4v) is 18.2. The molecule has 5 aromatic rings. The van der Waals surface area contributed by atoms with Gasteiger partial charge in [0.25, 0.3) is 0 Å². The lowest BCUT2D eigenvalue weighted by atomic mass is 10.0. The predicted octanol–water partition coefficient (Wildman–Crippen LogP) is 5.42. The van der Waals surface area contributed by atoms with Gasteiger partial charge in [0.1, 0.15) is 0 Å². The zero-order valence-corrected chi connectivity index (χ0v) is 25.8. The average molecular weight is 531 g/mol. The second kappa shape index (κ2) is 12.3. The first kappa shape index (κ1) is 25.4. The van der Waals surface area contributed by atoms with E-state index >= 15 is 0 Å². The number of hydrogen-bond donors (Lipinski definition) is 0. The maximum absolute atomic E-state index is 7.62. The van der Waals surface area contributed by atoms with Crippen LogP contribution in [0.2, 0.25) is 5.67 Å². The molecule has 0 heterocycles. The summed E-state index contributed by atoms with van der Waals surface area (Å²) in [5, 5.41) is 1.41. The van der Waals surface area contributed by atoms with Crippen molar-refractivity contribution in [2.75, 3.05) is 0 Å². The third-order valence-electron chi connectivity index (χ3n) is 7.43. The second-order valence-electron chi connectivity index (χ2n) is 9.55. The lowest BCUT2D eigenvalue weighted by molar-refractivity contribution is 0.568. The Bertz CT molecular complexity index is 1270. The Labute approximate surface area is 227 Å². The van der Waals surface area contributed by atoms with E-state index in [9.17, 15) is 0 Å². The SMILES string of the molecule is [SiH3]C[Si](O[SiH2]C(c1ccccc1)c1ccccc1)(c1ccccc1)C(c1ccccc1)c1ccccc1. The summed E-state index contributed by atoms with van der Waals surface area (Å²) < 4.78 is 7.62. The van der Waals surface area contributed by atoms with Gasteiger partial charge in [-0.2, -0.15) is 0 Å². The summed E-state index contributed by atoms with van der Waals surface area (Å²) in [7, 11) is -2.37. The van der Waals surface area contributed by atoms with E-state index in [-0.39, 0.29) is 5.54 Å². The van der Waals surface area contributed by atoms with Gasteiger partial charge in [0.2, 0.25) is 8.32 Å². The standard InChI is InChI=1S/C33H34OSi3/c35-26-37(31-24-14-5-15-25-31,33(29-20-10-3-11-21-29)30-22-12-4-13-23-30)34-36-32(27-16-6-1-7-17-27)28-18-8-2-9-19-28/h1-25,32-33H,26,36H2,35H3. The Kier molecular flexibility index (Phi) is 8.43. The van der Waals surface area contributed by atoms with Gasteiger partial charge in [-0.1, -0.05) is 152 Å². The molecule has 0 saturated heterocycles. The third-order valence-corrected chi connectivity index (χ3v) is 18.5. The van der Waals surface area contributed by atoms with E-state index in [1.54, 1.807) is 0 Å². The Morgan fingerprint density at radius 2 is 0.865 bits per heavy atom. The summed E-state index contributed by atoms with van der Waals surface area (Å²) in [6.07, 6.45) is 0. The molecule has 0 aliphatic heterocycles. The molecule has 4 heteroatoms. The van der Waals surface area contributed by atoms with Gasteiger partial charge in [-0.15, -0.1) is 0 Å². The highest BCUT2D eigenvalue weighted by molar-refractivity contribution is 6.94. The molecule has 37 heavy (non-hydrogen) atoms. The predicted molar refractivity (Wildman–Crippen MR) is 166 cm³/mol. The normalized spacial score (nSPS) is 13.4. The van der Waals surface area contributed by atoms with E-state index in [2.05, 4.69) is 152 Å². The van der Waals surface area contributed by atoms with Crippen molar-refractivity contribution in [2.45, 2.75) is 16.7 Å². The zero-order chi connectivity index (χ0) is 25.3. The van der Waals surface area contributed by atoms with Gasteiger partial charge in [0, 0.05) is 21.3 Å².